The van der Waals surface area contributed by atoms with E-state index in [1.165, 1.54) is 0 Å². The molecule has 1 fully saturated rings. The first-order chi connectivity index (χ1) is 4.99. The topological polar surface area (TPSA) is 162 Å². The molecule has 0 bridgehead atoms. The van der Waals surface area contributed by atoms with Crippen LogP contribution in [0, 0.1) is 5.41 Å². The van der Waals surface area contributed by atoms with Crippen LogP contribution in [0.5, 0.6) is 0 Å². The molecule has 0 aromatic rings. The van der Waals surface area contributed by atoms with Crippen LogP contribution in [0.3, 0.4) is 0 Å². The van der Waals surface area contributed by atoms with Gasteiger partial charge >= 0.3 is 33.0 Å². The number of rotatable bonds is 2. The molecule has 0 amide bonds. The van der Waals surface area contributed by atoms with Gasteiger partial charge in [0.2, 0.25) is 0 Å². The van der Waals surface area contributed by atoms with E-state index in [9.17, 15) is 9.59 Å². The van der Waals surface area contributed by atoms with Crippen molar-refractivity contribution in [2.24, 2.45) is 5.41 Å². The van der Waals surface area contributed by atoms with Gasteiger partial charge < -0.3 is 27.6 Å². The standard InChI is InChI=1S/C6H8O5.2H2N.Pt/c7-3-1-6(2-3,4(8)9)5(10)11;;;/h3,7H,1-2H2,(H,8,9)(H,10,11);2*1H2;/q;2*-1;+2. The number of aliphatic hydroxyl groups is 1. The third kappa shape index (κ3) is 2.75. The van der Waals surface area contributed by atoms with Crippen molar-refractivity contribution in [2.75, 3.05) is 0 Å². The van der Waals surface area contributed by atoms with Crippen LogP contribution < -0.4 is 0 Å². The molecule has 7 nitrogen and oxygen atoms in total. The Morgan fingerprint density at radius 3 is 1.43 bits per heavy atom. The zero-order valence-electron chi connectivity index (χ0n) is 7.12. The summed E-state index contributed by atoms with van der Waals surface area (Å²) >= 11 is 0. The summed E-state index contributed by atoms with van der Waals surface area (Å²) in [4.78, 5) is 20.8. The first-order valence-corrected chi connectivity index (χ1v) is 3.14. The number of nitrogens with two attached hydrogens (primary N) is 2. The van der Waals surface area contributed by atoms with Gasteiger partial charge in [0, 0.05) is 12.8 Å². The van der Waals surface area contributed by atoms with Crippen molar-refractivity contribution in [1.82, 2.24) is 0 Å². The second-order valence-corrected chi connectivity index (χ2v) is 2.75. The molecule has 0 spiro atoms. The number of aliphatic hydroxyl groups excluding tert-OH is 1. The molecule has 0 heterocycles. The van der Waals surface area contributed by atoms with E-state index < -0.39 is 23.5 Å². The number of carbonyl (C=O) groups is 2. The fourth-order valence-electron chi connectivity index (χ4n) is 1.19. The first-order valence-electron chi connectivity index (χ1n) is 3.14. The zero-order valence-corrected chi connectivity index (χ0v) is 9.39. The van der Waals surface area contributed by atoms with Crippen LogP contribution in [-0.2, 0) is 30.7 Å². The largest absolute Gasteiger partial charge is 2.00 e. The molecule has 0 aromatic carbocycles. The molecule has 1 rings (SSSR count). The number of carboxylic acids is 2. The van der Waals surface area contributed by atoms with Crippen molar-refractivity contribution >= 4 is 11.9 Å². The van der Waals surface area contributed by atoms with Gasteiger partial charge in [0.1, 0.15) is 0 Å². The van der Waals surface area contributed by atoms with Gasteiger partial charge in [-0.3, -0.25) is 9.59 Å². The Balaban J connectivity index is -0.000000403. The molecule has 0 radical (unpaired) electrons. The number of carboxylic acid groups (broad SMARTS) is 2. The summed E-state index contributed by atoms with van der Waals surface area (Å²) < 4.78 is 0. The van der Waals surface area contributed by atoms with Crippen LogP contribution in [0.15, 0.2) is 0 Å². The minimum atomic E-state index is -1.72. The molecule has 14 heavy (non-hydrogen) atoms. The number of aliphatic carboxylic acids is 2. The maximum Gasteiger partial charge on any atom is 2.00 e. The molecule has 1 aliphatic rings. The maximum atomic E-state index is 10.4. The van der Waals surface area contributed by atoms with E-state index in [-0.39, 0.29) is 46.2 Å². The average Bonchev–Trinajstić information content (AvgIpc) is 1.78. The van der Waals surface area contributed by atoms with Crippen LogP contribution in [0.1, 0.15) is 12.8 Å². The maximum absolute atomic E-state index is 10.4. The molecule has 8 heteroatoms. The molecule has 0 aliphatic heterocycles. The fourth-order valence-corrected chi connectivity index (χ4v) is 1.19. The van der Waals surface area contributed by atoms with Crippen LogP contribution in [0.4, 0.5) is 0 Å². The summed E-state index contributed by atoms with van der Waals surface area (Å²) in [5.41, 5.74) is -1.72. The zero-order chi connectivity index (χ0) is 8.65. The van der Waals surface area contributed by atoms with Gasteiger partial charge in [-0.25, -0.2) is 0 Å². The fraction of sp³-hybridized carbons (Fsp3) is 0.667. The van der Waals surface area contributed by atoms with E-state index in [1.807, 2.05) is 0 Å². The van der Waals surface area contributed by atoms with E-state index in [0.29, 0.717) is 0 Å². The number of hydrogen-bond acceptors (Lipinski definition) is 3. The van der Waals surface area contributed by atoms with Crippen molar-refractivity contribution in [2.45, 2.75) is 18.9 Å². The molecule has 1 aliphatic carbocycles. The average molecular weight is 387 g/mol. The minimum Gasteiger partial charge on any atom is -0.693 e. The van der Waals surface area contributed by atoms with Crippen molar-refractivity contribution in [3.63, 3.8) is 0 Å². The van der Waals surface area contributed by atoms with E-state index in [4.69, 9.17) is 15.3 Å². The smallest absolute Gasteiger partial charge is 0.693 e. The van der Waals surface area contributed by atoms with Gasteiger partial charge in [0.05, 0.1) is 6.10 Å². The Hall–Kier alpha value is -0.492. The van der Waals surface area contributed by atoms with Crippen LogP contribution in [-0.4, -0.2) is 33.4 Å². The van der Waals surface area contributed by atoms with Crippen LogP contribution in [0.2, 0.25) is 0 Å². The quantitative estimate of drug-likeness (QED) is 0.594. The Morgan fingerprint density at radius 2 is 1.36 bits per heavy atom. The number of hydrogen-bond donors (Lipinski definition) is 3. The summed E-state index contributed by atoms with van der Waals surface area (Å²) in [6, 6.07) is 0. The van der Waals surface area contributed by atoms with Crippen molar-refractivity contribution in [1.29, 1.82) is 0 Å². The summed E-state index contributed by atoms with van der Waals surface area (Å²) in [6.45, 7) is 0. The monoisotopic (exact) mass is 387 g/mol. The third-order valence-electron chi connectivity index (χ3n) is 1.99. The first kappa shape index (κ1) is 19.1. The van der Waals surface area contributed by atoms with Gasteiger partial charge in [-0.1, -0.05) is 0 Å². The molecule has 0 atom stereocenters. The van der Waals surface area contributed by atoms with E-state index in [2.05, 4.69) is 0 Å². The molecule has 7 N–H and O–H groups in total. The molecule has 1 saturated carbocycles. The second-order valence-electron chi connectivity index (χ2n) is 2.75. The second kappa shape index (κ2) is 6.08. The van der Waals surface area contributed by atoms with Crippen molar-refractivity contribution < 1.29 is 46.0 Å². The van der Waals surface area contributed by atoms with Gasteiger partial charge in [-0.05, 0) is 0 Å². The molecule has 0 unspecified atom stereocenters. The Bertz CT molecular complexity index is 200. The molecular formula is C6H12N2O5Pt. The summed E-state index contributed by atoms with van der Waals surface area (Å²) in [5.74, 6) is -2.73. The van der Waals surface area contributed by atoms with Crippen LogP contribution in [0.25, 0.3) is 12.3 Å². The van der Waals surface area contributed by atoms with Crippen molar-refractivity contribution in [3.05, 3.63) is 12.3 Å². The summed E-state index contributed by atoms with van der Waals surface area (Å²) in [7, 11) is 0. The minimum absolute atomic E-state index is 0. The Morgan fingerprint density at radius 1 is 1.07 bits per heavy atom. The van der Waals surface area contributed by atoms with Gasteiger partial charge in [-0.2, -0.15) is 0 Å². The third-order valence-corrected chi connectivity index (χ3v) is 1.99. The normalized spacial score (nSPS) is 17.5. The summed E-state index contributed by atoms with van der Waals surface area (Å²) in [6.07, 6.45) is -1.14. The predicted octanol–water partition coefficient (Wildman–Crippen LogP) is 0.728. The summed E-state index contributed by atoms with van der Waals surface area (Å²) in [5, 5.41) is 25.7. The van der Waals surface area contributed by atoms with Crippen LogP contribution >= 0.6 is 0 Å². The molecule has 0 saturated heterocycles. The van der Waals surface area contributed by atoms with Gasteiger partial charge in [-0.15, -0.1) is 0 Å². The van der Waals surface area contributed by atoms with Gasteiger partial charge in [0.15, 0.2) is 5.41 Å². The van der Waals surface area contributed by atoms with E-state index in [1.54, 1.807) is 0 Å². The molecular weight excluding hydrogens is 375 g/mol. The Kier molecular flexibility index (Phi) is 8.31. The molecule has 0 aromatic heterocycles. The predicted molar refractivity (Wildman–Crippen MR) is 43.5 cm³/mol. The van der Waals surface area contributed by atoms with E-state index in [0.717, 1.165) is 0 Å². The van der Waals surface area contributed by atoms with Crippen molar-refractivity contribution in [3.8, 4) is 0 Å². The van der Waals surface area contributed by atoms with Gasteiger partial charge in [0.25, 0.3) is 0 Å². The Labute approximate surface area is 94.9 Å². The van der Waals surface area contributed by atoms with E-state index >= 15 is 0 Å². The molecule has 86 valence electrons. The SMILES string of the molecule is O=C(O)C1(C(=O)O)CC(O)C1.[NH2-].[NH2-].[Pt+2].